The van der Waals surface area contributed by atoms with E-state index >= 15 is 0 Å². The second-order valence-corrected chi connectivity index (χ2v) is 7.22. The van der Waals surface area contributed by atoms with Crippen molar-refractivity contribution in [3.05, 3.63) is 80.7 Å². The van der Waals surface area contributed by atoms with Crippen molar-refractivity contribution in [3.63, 3.8) is 0 Å². The molecular weight excluding hydrogens is 406 g/mol. The highest BCUT2D eigenvalue weighted by Crippen LogP contribution is 2.32. The van der Waals surface area contributed by atoms with E-state index in [-0.39, 0.29) is 10.6 Å². The van der Waals surface area contributed by atoms with Gasteiger partial charge in [0, 0.05) is 18.7 Å². The summed E-state index contributed by atoms with van der Waals surface area (Å²) in [6.07, 6.45) is 2.33. The first kappa shape index (κ1) is 20.0. The van der Waals surface area contributed by atoms with Crippen LogP contribution >= 0.6 is 11.6 Å². The quantitative estimate of drug-likeness (QED) is 0.597. The van der Waals surface area contributed by atoms with Gasteiger partial charge in [-0.15, -0.1) is 0 Å². The number of anilines is 1. The first-order valence-corrected chi connectivity index (χ1v) is 9.78. The molecule has 154 valence electrons. The van der Waals surface area contributed by atoms with Crippen molar-refractivity contribution in [2.75, 3.05) is 25.7 Å². The minimum absolute atomic E-state index is 0.0519. The van der Waals surface area contributed by atoms with Gasteiger partial charge in [0.2, 0.25) is 0 Å². The fourth-order valence-electron chi connectivity index (χ4n) is 3.73. The molecule has 0 fully saturated rings. The molecule has 0 saturated carbocycles. The Morgan fingerprint density at radius 2 is 1.90 bits per heavy atom. The van der Waals surface area contributed by atoms with Crippen molar-refractivity contribution in [2.45, 2.75) is 13.0 Å². The highest BCUT2D eigenvalue weighted by Gasteiger charge is 2.24. The molecule has 0 spiro atoms. The average molecular weight is 426 g/mol. The van der Waals surface area contributed by atoms with Crippen molar-refractivity contribution < 1.29 is 14.3 Å². The maximum atomic E-state index is 13.0. The fourth-order valence-corrected chi connectivity index (χ4v) is 3.98. The lowest BCUT2D eigenvalue weighted by molar-refractivity contribution is 0.0600. The number of hydrogen-bond donors (Lipinski definition) is 0. The SMILES string of the molecule is COC(=O)c1ccccc1-n1ncc(N2CCc3c(cccc3OC)C2)c(Cl)c1=O. The van der Waals surface area contributed by atoms with Gasteiger partial charge in [0.25, 0.3) is 5.56 Å². The van der Waals surface area contributed by atoms with Crippen LogP contribution in [0.5, 0.6) is 5.75 Å². The van der Waals surface area contributed by atoms with Crippen molar-refractivity contribution in [2.24, 2.45) is 0 Å². The summed E-state index contributed by atoms with van der Waals surface area (Å²) in [6.45, 7) is 1.27. The van der Waals surface area contributed by atoms with Gasteiger partial charge in [0.1, 0.15) is 10.8 Å². The Labute approximate surface area is 178 Å². The molecular formula is C22H20ClN3O4. The third-order valence-electron chi connectivity index (χ3n) is 5.22. The second-order valence-electron chi connectivity index (χ2n) is 6.84. The van der Waals surface area contributed by atoms with Gasteiger partial charge in [-0.1, -0.05) is 35.9 Å². The van der Waals surface area contributed by atoms with Gasteiger partial charge in [0.15, 0.2) is 0 Å². The normalized spacial score (nSPS) is 13.0. The zero-order chi connectivity index (χ0) is 21.3. The van der Waals surface area contributed by atoms with Crippen molar-refractivity contribution in [1.29, 1.82) is 0 Å². The monoisotopic (exact) mass is 425 g/mol. The number of rotatable bonds is 4. The summed E-state index contributed by atoms with van der Waals surface area (Å²) in [5, 5.41) is 4.35. The Hall–Kier alpha value is -3.32. The van der Waals surface area contributed by atoms with E-state index in [1.54, 1.807) is 37.6 Å². The summed E-state index contributed by atoms with van der Waals surface area (Å²) in [5.74, 6) is 0.312. The maximum Gasteiger partial charge on any atom is 0.340 e. The Balaban J connectivity index is 1.72. The van der Waals surface area contributed by atoms with E-state index < -0.39 is 11.5 Å². The van der Waals surface area contributed by atoms with Gasteiger partial charge in [-0.2, -0.15) is 9.78 Å². The Kier molecular flexibility index (Phi) is 5.46. The third-order valence-corrected chi connectivity index (χ3v) is 5.58. The number of para-hydroxylation sites is 1. The number of nitrogens with zero attached hydrogens (tertiary/aromatic N) is 3. The fraction of sp³-hybridized carbons (Fsp3) is 0.227. The van der Waals surface area contributed by atoms with Gasteiger partial charge in [0.05, 0.1) is 37.4 Å². The van der Waals surface area contributed by atoms with Crippen LogP contribution in [0.4, 0.5) is 5.69 Å². The van der Waals surface area contributed by atoms with Crippen LogP contribution in [-0.4, -0.2) is 36.5 Å². The van der Waals surface area contributed by atoms with E-state index in [2.05, 4.69) is 5.10 Å². The van der Waals surface area contributed by atoms with E-state index in [1.807, 2.05) is 23.1 Å². The molecule has 1 aromatic heterocycles. The van der Waals surface area contributed by atoms with Crippen LogP contribution in [0.2, 0.25) is 5.02 Å². The largest absolute Gasteiger partial charge is 0.496 e. The molecule has 8 heteroatoms. The van der Waals surface area contributed by atoms with Crippen LogP contribution in [0.1, 0.15) is 21.5 Å². The summed E-state index contributed by atoms with van der Waals surface area (Å²) in [6, 6.07) is 12.5. The molecule has 0 unspecified atom stereocenters. The molecule has 1 aliphatic heterocycles. The lowest BCUT2D eigenvalue weighted by Crippen LogP contribution is -2.33. The molecule has 2 aromatic carbocycles. The smallest absolute Gasteiger partial charge is 0.340 e. The first-order chi connectivity index (χ1) is 14.5. The summed E-state index contributed by atoms with van der Waals surface area (Å²) >= 11 is 6.48. The molecule has 0 radical (unpaired) electrons. The predicted molar refractivity (Wildman–Crippen MR) is 114 cm³/mol. The topological polar surface area (TPSA) is 73.7 Å². The van der Waals surface area contributed by atoms with E-state index in [1.165, 1.54) is 12.7 Å². The number of carbonyl (C=O) groups excluding carboxylic acids is 1. The zero-order valence-corrected chi connectivity index (χ0v) is 17.3. The summed E-state index contributed by atoms with van der Waals surface area (Å²) in [5.41, 5.74) is 2.90. The maximum absolute atomic E-state index is 13.0. The molecule has 0 bridgehead atoms. The van der Waals surface area contributed by atoms with E-state index in [0.717, 1.165) is 22.4 Å². The van der Waals surface area contributed by atoms with Crippen LogP contribution in [0.25, 0.3) is 5.69 Å². The van der Waals surface area contributed by atoms with Gasteiger partial charge >= 0.3 is 5.97 Å². The number of aromatic nitrogens is 2. The second kappa shape index (κ2) is 8.20. The van der Waals surface area contributed by atoms with Crippen LogP contribution in [0.15, 0.2) is 53.5 Å². The van der Waals surface area contributed by atoms with Crippen LogP contribution in [0.3, 0.4) is 0 Å². The highest BCUT2D eigenvalue weighted by atomic mass is 35.5. The van der Waals surface area contributed by atoms with Crippen molar-refractivity contribution >= 4 is 23.3 Å². The van der Waals surface area contributed by atoms with E-state index in [0.29, 0.717) is 24.5 Å². The number of methoxy groups -OCH3 is 2. The molecule has 0 atom stereocenters. The van der Waals surface area contributed by atoms with Gasteiger partial charge in [-0.05, 0) is 30.2 Å². The van der Waals surface area contributed by atoms with Crippen LogP contribution in [0, 0.1) is 0 Å². The van der Waals surface area contributed by atoms with E-state index in [9.17, 15) is 9.59 Å². The molecule has 30 heavy (non-hydrogen) atoms. The average Bonchev–Trinajstić information content (AvgIpc) is 2.79. The summed E-state index contributed by atoms with van der Waals surface area (Å²) in [4.78, 5) is 27.1. The van der Waals surface area contributed by atoms with E-state index in [4.69, 9.17) is 21.1 Å². The number of carbonyl (C=O) groups is 1. The Morgan fingerprint density at radius 3 is 2.67 bits per heavy atom. The highest BCUT2D eigenvalue weighted by molar-refractivity contribution is 6.33. The van der Waals surface area contributed by atoms with Gasteiger partial charge in [-0.3, -0.25) is 4.79 Å². The standard InChI is InChI=1S/C22H20ClN3O4/c1-29-19-9-5-6-14-13-25(11-10-15(14)19)18-12-24-26(21(27)20(18)23)17-8-4-3-7-16(17)22(28)30-2/h3-9,12H,10-11,13H2,1-2H3. The molecule has 3 aromatic rings. The minimum Gasteiger partial charge on any atom is -0.496 e. The summed E-state index contributed by atoms with van der Waals surface area (Å²) in [7, 11) is 2.95. The van der Waals surface area contributed by atoms with Crippen LogP contribution in [-0.2, 0) is 17.7 Å². The van der Waals surface area contributed by atoms with Crippen molar-refractivity contribution in [3.8, 4) is 11.4 Å². The molecule has 0 amide bonds. The number of ether oxygens (including phenoxy) is 2. The number of fused-ring (bicyclic) bond motifs is 1. The molecule has 0 aliphatic carbocycles. The molecule has 2 heterocycles. The van der Waals surface area contributed by atoms with Crippen molar-refractivity contribution in [1.82, 2.24) is 9.78 Å². The third kappa shape index (κ3) is 3.41. The Bertz CT molecular complexity index is 1180. The number of halogens is 1. The summed E-state index contributed by atoms with van der Waals surface area (Å²) < 4.78 is 11.4. The minimum atomic E-state index is -0.555. The molecule has 0 N–H and O–H groups in total. The number of hydrogen-bond acceptors (Lipinski definition) is 6. The lowest BCUT2D eigenvalue weighted by atomic mass is 9.98. The molecule has 7 nitrogen and oxygen atoms in total. The number of esters is 1. The molecule has 0 saturated heterocycles. The van der Waals surface area contributed by atoms with Crippen LogP contribution < -0.4 is 15.2 Å². The molecule has 4 rings (SSSR count). The Morgan fingerprint density at radius 1 is 1.10 bits per heavy atom. The predicted octanol–water partition coefficient (Wildman–Crippen LogP) is 3.24. The lowest BCUT2D eigenvalue weighted by Gasteiger charge is -2.31. The first-order valence-electron chi connectivity index (χ1n) is 9.40. The molecule has 1 aliphatic rings. The van der Waals surface area contributed by atoms with Gasteiger partial charge in [-0.25, -0.2) is 4.79 Å². The van der Waals surface area contributed by atoms with Gasteiger partial charge < -0.3 is 14.4 Å². The number of benzene rings is 2. The zero-order valence-electron chi connectivity index (χ0n) is 16.6.